The van der Waals surface area contributed by atoms with Crippen molar-refractivity contribution in [1.82, 2.24) is 10.2 Å². The number of nitrogens with zero attached hydrogens (tertiary/aromatic N) is 2. The second-order valence-corrected chi connectivity index (χ2v) is 5.88. The summed E-state index contributed by atoms with van der Waals surface area (Å²) in [4.78, 5) is 12.1. The Bertz CT molecular complexity index is 641. The van der Waals surface area contributed by atoms with Crippen LogP contribution in [0.1, 0.15) is 29.9 Å². The molecule has 1 amide bonds. The molecule has 1 aromatic carbocycles. The van der Waals surface area contributed by atoms with Crippen LogP contribution in [0.4, 0.5) is 11.5 Å². The van der Waals surface area contributed by atoms with Gasteiger partial charge in [0.1, 0.15) is 5.82 Å². The smallest absolute Gasteiger partial charge is 0.276 e. The number of aromatic nitrogens is 2. The van der Waals surface area contributed by atoms with E-state index >= 15 is 0 Å². The Labute approximate surface area is 132 Å². The molecule has 0 saturated carbocycles. The van der Waals surface area contributed by atoms with Crippen LogP contribution in [0, 0.1) is 6.92 Å². The first-order valence-electron chi connectivity index (χ1n) is 6.63. The molecule has 0 spiro atoms. The Kier molecular flexibility index (Phi) is 4.90. The van der Waals surface area contributed by atoms with Gasteiger partial charge in [0.05, 0.1) is 0 Å². The van der Waals surface area contributed by atoms with Crippen molar-refractivity contribution in [2.75, 3.05) is 10.6 Å². The van der Waals surface area contributed by atoms with Gasteiger partial charge in [-0.15, -0.1) is 10.2 Å². The molecule has 0 aliphatic heterocycles. The second kappa shape index (κ2) is 6.67. The highest BCUT2D eigenvalue weighted by molar-refractivity contribution is 9.10. The predicted octanol–water partition coefficient (Wildman–Crippen LogP) is 3.62. The maximum Gasteiger partial charge on any atom is 0.276 e. The maximum absolute atomic E-state index is 12.1. The second-order valence-electron chi connectivity index (χ2n) is 5.02. The number of amides is 1. The number of rotatable bonds is 4. The highest BCUT2D eigenvalue weighted by atomic mass is 79.9. The number of aryl methyl sites for hydroxylation is 1. The zero-order valence-corrected chi connectivity index (χ0v) is 13.7. The highest BCUT2D eigenvalue weighted by Crippen LogP contribution is 2.21. The standard InChI is InChI=1S/C15H17BrN4O/c1-9(2)17-14-7-6-13(19-20-14)15(21)18-11-5-4-10(3)12(16)8-11/h4-9H,1-3H3,(H,17,20)(H,18,21). The Morgan fingerprint density at radius 3 is 2.52 bits per heavy atom. The summed E-state index contributed by atoms with van der Waals surface area (Å²) in [5.74, 6) is 0.369. The highest BCUT2D eigenvalue weighted by Gasteiger charge is 2.09. The first-order chi connectivity index (χ1) is 9.95. The summed E-state index contributed by atoms with van der Waals surface area (Å²) < 4.78 is 0.947. The molecule has 1 heterocycles. The van der Waals surface area contributed by atoms with Gasteiger partial charge in [-0.3, -0.25) is 4.79 Å². The number of carbonyl (C=O) groups is 1. The van der Waals surface area contributed by atoms with Crippen LogP contribution in [-0.4, -0.2) is 22.1 Å². The van der Waals surface area contributed by atoms with Crippen LogP contribution < -0.4 is 10.6 Å². The van der Waals surface area contributed by atoms with E-state index in [1.807, 2.05) is 39.0 Å². The maximum atomic E-state index is 12.1. The monoisotopic (exact) mass is 348 g/mol. The third-order valence-electron chi connectivity index (χ3n) is 2.76. The van der Waals surface area contributed by atoms with Crippen LogP contribution in [0.25, 0.3) is 0 Å². The lowest BCUT2D eigenvalue weighted by Gasteiger charge is -2.09. The molecule has 0 atom stereocenters. The number of carbonyl (C=O) groups excluding carboxylic acids is 1. The molecule has 2 N–H and O–H groups in total. The van der Waals surface area contributed by atoms with Crippen LogP contribution in [-0.2, 0) is 0 Å². The number of halogens is 1. The van der Waals surface area contributed by atoms with E-state index < -0.39 is 0 Å². The van der Waals surface area contributed by atoms with Gasteiger partial charge in [0.25, 0.3) is 5.91 Å². The fraction of sp³-hybridized carbons (Fsp3) is 0.267. The molecule has 0 bridgehead atoms. The normalized spacial score (nSPS) is 10.5. The van der Waals surface area contributed by atoms with Gasteiger partial charge < -0.3 is 10.6 Å². The number of hydrogen-bond acceptors (Lipinski definition) is 4. The summed E-state index contributed by atoms with van der Waals surface area (Å²) in [7, 11) is 0. The largest absolute Gasteiger partial charge is 0.366 e. The zero-order valence-electron chi connectivity index (χ0n) is 12.1. The van der Waals surface area contributed by atoms with Crippen LogP contribution in [0.2, 0.25) is 0 Å². The lowest BCUT2D eigenvalue weighted by atomic mass is 10.2. The topological polar surface area (TPSA) is 66.9 Å². The van der Waals surface area contributed by atoms with Gasteiger partial charge in [0, 0.05) is 16.2 Å². The van der Waals surface area contributed by atoms with Gasteiger partial charge in [-0.2, -0.15) is 0 Å². The van der Waals surface area contributed by atoms with E-state index in [0.29, 0.717) is 11.5 Å². The van der Waals surface area contributed by atoms with Crippen molar-refractivity contribution in [1.29, 1.82) is 0 Å². The van der Waals surface area contributed by atoms with Crippen LogP contribution in [0.5, 0.6) is 0 Å². The molecule has 0 aliphatic rings. The third-order valence-corrected chi connectivity index (χ3v) is 3.62. The van der Waals surface area contributed by atoms with Crippen LogP contribution in [0.15, 0.2) is 34.8 Å². The van der Waals surface area contributed by atoms with E-state index in [1.165, 1.54) is 0 Å². The quantitative estimate of drug-likeness (QED) is 0.885. The molecular weight excluding hydrogens is 332 g/mol. The Morgan fingerprint density at radius 1 is 1.19 bits per heavy atom. The lowest BCUT2D eigenvalue weighted by molar-refractivity contribution is 0.102. The van der Waals surface area contributed by atoms with Crippen molar-refractivity contribution in [2.24, 2.45) is 0 Å². The Hall–Kier alpha value is -1.95. The molecule has 0 aliphatic carbocycles. The average molecular weight is 349 g/mol. The first kappa shape index (κ1) is 15.4. The SMILES string of the molecule is Cc1ccc(NC(=O)c2ccc(NC(C)C)nn2)cc1Br. The molecule has 21 heavy (non-hydrogen) atoms. The molecule has 0 radical (unpaired) electrons. The molecule has 110 valence electrons. The molecule has 2 aromatic rings. The summed E-state index contributed by atoms with van der Waals surface area (Å²) in [5, 5.41) is 13.8. The molecule has 6 heteroatoms. The van der Waals surface area contributed by atoms with Gasteiger partial charge in [-0.25, -0.2) is 0 Å². The van der Waals surface area contributed by atoms with Crippen molar-refractivity contribution in [3.05, 3.63) is 46.1 Å². The molecule has 1 aromatic heterocycles. The summed E-state index contributed by atoms with van der Waals surface area (Å²) in [6.07, 6.45) is 0. The fourth-order valence-electron chi connectivity index (χ4n) is 1.69. The number of benzene rings is 1. The summed E-state index contributed by atoms with van der Waals surface area (Å²) in [6, 6.07) is 9.30. The first-order valence-corrected chi connectivity index (χ1v) is 7.43. The molecule has 0 fully saturated rings. The van der Waals surface area contributed by atoms with Gasteiger partial charge in [0.2, 0.25) is 0 Å². The Morgan fingerprint density at radius 2 is 1.95 bits per heavy atom. The van der Waals surface area contributed by atoms with Crippen LogP contribution >= 0.6 is 15.9 Å². The van der Waals surface area contributed by atoms with Crippen molar-refractivity contribution in [2.45, 2.75) is 26.8 Å². The van der Waals surface area contributed by atoms with E-state index in [0.717, 1.165) is 10.0 Å². The van der Waals surface area contributed by atoms with E-state index in [-0.39, 0.29) is 17.6 Å². The Balaban J connectivity index is 2.07. The average Bonchev–Trinajstić information content (AvgIpc) is 2.43. The number of nitrogens with one attached hydrogen (secondary N) is 2. The molecule has 0 saturated heterocycles. The minimum absolute atomic E-state index is 0.267. The van der Waals surface area contributed by atoms with E-state index in [9.17, 15) is 4.79 Å². The number of anilines is 2. The van der Waals surface area contributed by atoms with Crippen molar-refractivity contribution in [3.63, 3.8) is 0 Å². The lowest BCUT2D eigenvalue weighted by Crippen LogP contribution is -2.16. The molecule has 2 rings (SSSR count). The van der Waals surface area contributed by atoms with Crippen molar-refractivity contribution >= 4 is 33.3 Å². The van der Waals surface area contributed by atoms with Crippen LogP contribution in [0.3, 0.4) is 0 Å². The zero-order chi connectivity index (χ0) is 15.4. The molecular formula is C15H17BrN4O. The van der Waals surface area contributed by atoms with Crippen molar-refractivity contribution < 1.29 is 4.79 Å². The number of hydrogen-bond donors (Lipinski definition) is 2. The van der Waals surface area contributed by atoms with E-state index in [1.54, 1.807) is 12.1 Å². The third kappa shape index (κ3) is 4.26. The van der Waals surface area contributed by atoms with E-state index in [4.69, 9.17) is 0 Å². The van der Waals surface area contributed by atoms with Crippen molar-refractivity contribution in [3.8, 4) is 0 Å². The van der Waals surface area contributed by atoms with E-state index in [2.05, 4.69) is 36.8 Å². The van der Waals surface area contributed by atoms with Gasteiger partial charge in [0.15, 0.2) is 5.69 Å². The van der Waals surface area contributed by atoms with Gasteiger partial charge in [-0.05, 0) is 50.6 Å². The minimum atomic E-state index is -0.283. The summed E-state index contributed by atoms with van der Waals surface area (Å²) >= 11 is 3.44. The van der Waals surface area contributed by atoms with Gasteiger partial charge in [-0.1, -0.05) is 22.0 Å². The minimum Gasteiger partial charge on any atom is -0.366 e. The summed E-state index contributed by atoms with van der Waals surface area (Å²) in [6.45, 7) is 6.01. The summed E-state index contributed by atoms with van der Waals surface area (Å²) in [5.41, 5.74) is 2.10. The predicted molar refractivity (Wildman–Crippen MR) is 87.6 cm³/mol. The fourth-order valence-corrected chi connectivity index (χ4v) is 2.07. The van der Waals surface area contributed by atoms with Gasteiger partial charge >= 0.3 is 0 Å². The molecule has 5 nitrogen and oxygen atoms in total. The molecule has 0 unspecified atom stereocenters.